The number of para-hydroxylation sites is 1. The molecule has 0 amide bonds. The number of halogens is 1. The number of nitrogens with one attached hydrogen (secondary N) is 1. The van der Waals surface area contributed by atoms with Crippen LogP contribution in [-0.4, -0.2) is 29.4 Å². The molecule has 2 aromatic heterocycles. The van der Waals surface area contributed by atoms with Crippen LogP contribution in [0.1, 0.15) is 5.56 Å². The van der Waals surface area contributed by atoms with Crippen molar-refractivity contribution in [3.63, 3.8) is 0 Å². The van der Waals surface area contributed by atoms with Crippen molar-refractivity contribution in [1.82, 2.24) is 15.2 Å². The summed E-state index contributed by atoms with van der Waals surface area (Å²) in [6.45, 7) is 0. The Balaban J connectivity index is 1.54. The number of hydrogen-bond acceptors (Lipinski definition) is 6. The van der Waals surface area contributed by atoms with E-state index >= 15 is 0 Å². The number of rotatable bonds is 6. The molecule has 0 fully saturated rings. The Morgan fingerprint density at radius 3 is 2.78 bits per heavy atom. The van der Waals surface area contributed by atoms with Crippen LogP contribution in [0.5, 0.6) is 11.5 Å². The number of aromatic nitrogens is 3. The van der Waals surface area contributed by atoms with Gasteiger partial charge >= 0.3 is 0 Å². The van der Waals surface area contributed by atoms with Gasteiger partial charge in [-0.25, -0.2) is 0 Å². The quantitative estimate of drug-likeness (QED) is 0.406. The van der Waals surface area contributed by atoms with Crippen LogP contribution in [-0.2, 0) is 5.75 Å². The van der Waals surface area contributed by atoms with E-state index in [1.807, 2.05) is 42.6 Å². The van der Waals surface area contributed by atoms with E-state index in [1.54, 1.807) is 14.2 Å². The zero-order valence-corrected chi connectivity index (χ0v) is 17.1. The van der Waals surface area contributed by atoms with Crippen LogP contribution in [0.25, 0.3) is 22.4 Å². The van der Waals surface area contributed by atoms with E-state index in [2.05, 4.69) is 31.1 Å². The Labute approximate surface area is 168 Å². The van der Waals surface area contributed by atoms with Crippen molar-refractivity contribution in [2.45, 2.75) is 11.0 Å². The van der Waals surface area contributed by atoms with Gasteiger partial charge in [0.1, 0.15) is 0 Å². The molecule has 0 saturated carbocycles. The van der Waals surface area contributed by atoms with Crippen LogP contribution in [0.4, 0.5) is 0 Å². The van der Waals surface area contributed by atoms with Crippen LogP contribution in [0.3, 0.4) is 0 Å². The third-order valence-corrected chi connectivity index (χ3v) is 5.88. The topological polar surface area (TPSA) is 73.2 Å². The van der Waals surface area contributed by atoms with E-state index < -0.39 is 0 Å². The minimum Gasteiger partial charge on any atom is -0.493 e. The van der Waals surface area contributed by atoms with E-state index in [0.29, 0.717) is 28.4 Å². The number of H-pyrrole nitrogens is 1. The van der Waals surface area contributed by atoms with Crippen molar-refractivity contribution in [2.24, 2.45) is 0 Å². The molecule has 2 aromatic carbocycles. The number of hydrogen-bond donors (Lipinski definition) is 1. The van der Waals surface area contributed by atoms with Crippen molar-refractivity contribution in [3.05, 3.63) is 52.6 Å². The SMILES string of the molecule is COc1ccc(CSc2nnc(-c3c[nH]c4ccccc34)o2)c(Br)c1OC. The highest BCUT2D eigenvalue weighted by molar-refractivity contribution is 9.10. The van der Waals surface area contributed by atoms with Gasteiger partial charge in [-0.1, -0.05) is 36.0 Å². The van der Waals surface area contributed by atoms with Crippen LogP contribution >= 0.6 is 27.7 Å². The Kier molecular flexibility index (Phi) is 5.09. The molecule has 0 aliphatic heterocycles. The summed E-state index contributed by atoms with van der Waals surface area (Å²) >= 11 is 5.05. The van der Waals surface area contributed by atoms with Gasteiger partial charge in [0.15, 0.2) is 11.5 Å². The van der Waals surface area contributed by atoms with Gasteiger partial charge in [0.05, 0.1) is 24.3 Å². The number of nitrogens with zero attached hydrogens (tertiary/aromatic N) is 2. The molecule has 138 valence electrons. The molecule has 6 nitrogen and oxygen atoms in total. The lowest BCUT2D eigenvalue weighted by Gasteiger charge is -2.12. The van der Waals surface area contributed by atoms with Gasteiger partial charge in [0.25, 0.3) is 11.1 Å². The van der Waals surface area contributed by atoms with Gasteiger partial charge < -0.3 is 18.9 Å². The summed E-state index contributed by atoms with van der Waals surface area (Å²) in [5, 5.41) is 9.92. The number of methoxy groups -OCH3 is 2. The Morgan fingerprint density at radius 1 is 1.11 bits per heavy atom. The van der Waals surface area contributed by atoms with Crippen molar-refractivity contribution >= 4 is 38.6 Å². The van der Waals surface area contributed by atoms with Crippen LogP contribution < -0.4 is 9.47 Å². The summed E-state index contributed by atoms with van der Waals surface area (Å²) < 4.78 is 17.4. The maximum Gasteiger partial charge on any atom is 0.277 e. The number of aromatic amines is 1. The molecule has 0 aliphatic carbocycles. The molecule has 1 N–H and O–H groups in total. The number of ether oxygens (including phenoxy) is 2. The molecular formula is C19H16BrN3O3S. The fourth-order valence-corrected chi connectivity index (χ4v) is 4.38. The highest BCUT2D eigenvalue weighted by atomic mass is 79.9. The minimum absolute atomic E-state index is 0.501. The molecule has 8 heteroatoms. The van der Waals surface area contributed by atoms with Gasteiger partial charge in [-0.3, -0.25) is 0 Å². The third kappa shape index (κ3) is 3.42. The summed E-state index contributed by atoms with van der Waals surface area (Å²) in [7, 11) is 3.23. The molecule has 2 heterocycles. The summed E-state index contributed by atoms with van der Waals surface area (Å²) in [5.41, 5.74) is 2.98. The zero-order valence-electron chi connectivity index (χ0n) is 14.7. The van der Waals surface area contributed by atoms with Crippen molar-refractivity contribution in [3.8, 4) is 23.0 Å². The fourth-order valence-electron chi connectivity index (χ4n) is 2.81. The molecule has 0 bridgehead atoms. The van der Waals surface area contributed by atoms with Crippen LogP contribution in [0, 0.1) is 0 Å². The van der Waals surface area contributed by atoms with Crippen molar-refractivity contribution in [2.75, 3.05) is 14.2 Å². The number of fused-ring (bicyclic) bond motifs is 1. The Morgan fingerprint density at radius 2 is 1.96 bits per heavy atom. The molecule has 0 unspecified atom stereocenters. The van der Waals surface area contributed by atoms with Crippen molar-refractivity contribution in [1.29, 1.82) is 0 Å². The van der Waals surface area contributed by atoms with E-state index in [-0.39, 0.29) is 0 Å². The second-order valence-corrected chi connectivity index (χ2v) is 7.40. The highest BCUT2D eigenvalue weighted by Crippen LogP contribution is 2.39. The first-order valence-electron chi connectivity index (χ1n) is 8.13. The van der Waals surface area contributed by atoms with E-state index in [1.165, 1.54) is 11.8 Å². The maximum absolute atomic E-state index is 5.85. The summed E-state index contributed by atoms with van der Waals surface area (Å²) in [5.74, 6) is 2.50. The largest absolute Gasteiger partial charge is 0.493 e. The molecule has 0 radical (unpaired) electrons. The van der Waals surface area contributed by atoms with Crippen molar-refractivity contribution < 1.29 is 13.9 Å². The van der Waals surface area contributed by atoms with E-state index in [0.717, 1.165) is 26.5 Å². The lowest BCUT2D eigenvalue weighted by atomic mass is 10.2. The average Bonchev–Trinajstić information content (AvgIpc) is 3.33. The molecule has 4 rings (SSSR count). The first kappa shape index (κ1) is 17.9. The van der Waals surface area contributed by atoms with E-state index in [4.69, 9.17) is 13.9 Å². The Hall–Kier alpha value is -2.45. The second-order valence-electron chi connectivity index (χ2n) is 5.68. The average molecular weight is 446 g/mol. The summed E-state index contributed by atoms with van der Waals surface area (Å²) in [4.78, 5) is 3.22. The summed E-state index contributed by atoms with van der Waals surface area (Å²) in [6.07, 6.45) is 1.89. The Bertz CT molecular complexity index is 1090. The smallest absolute Gasteiger partial charge is 0.277 e. The third-order valence-electron chi connectivity index (χ3n) is 4.14. The van der Waals surface area contributed by atoms with Gasteiger partial charge in [-0.2, -0.15) is 0 Å². The first-order valence-corrected chi connectivity index (χ1v) is 9.91. The van der Waals surface area contributed by atoms with Gasteiger partial charge in [-0.05, 0) is 33.6 Å². The summed E-state index contributed by atoms with van der Waals surface area (Å²) in [6, 6.07) is 11.9. The maximum atomic E-state index is 5.85. The molecule has 27 heavy (non-hydrogen) atoms. The molecule has 0 atom stereocenters. The molecular weight excluding hydrogens is 430 g/mol. The standard InChI is InChI=1S/C19H16BrN3O3S/c1-24-15-8-7-11(16(20)17(15)25-2)10-27-19-23-22-18(26-19)13-9-21-14-6-4-3-5-12(13)14/h3-9,21H,10H2,1-2H3. The molecule has 0 aliphatic rings. The first-order chi connectivity index (χ1) is 13.2. The molecule has 0 spiro atoms. The minimum atomic E-state index is 0.501. The predicted octanol–water partition coefficient (Wildman–Crippen LogP) is 5.29. The zero-order chi connectivity index (χ0) is 18.8. The lowest BCUT2D eigenvalue weighted by molar-refractivity contribution is 0.353. The monoisotopic (exact) mass is 445 g/mol. The molecule has 0 saturated heterocycles. The van der Waals surface area contributed by atoms with Gasteiger partial charge in [0, 0.05) is 22.9 Å². The predicted molar refractivity (Wildman–Crippen MR) is 108 cm³/mol. The molecule has 4 aromatic rings. The number of benzene rings is 2. The second kappa shape index (κ2) is 7.66. The lowest BCUT2D eigenvalue weighted by Crippen LogP contribution is -1.94. The van der Waals surface area contributed by atoms with Crippen LogP contribution in [0.15, 0.2) is 56.7 Å². The van der Waals surface area contributed by atoms with Gasteiger partial charge in [0.2, 0.25) is 0 Å². The normalized spacial score (nSPS) is 11.1. The number of thioether (sulfide) groups is 1. The van der Waals surface area contributed by atoms with Crippen LogP contribution in [0.2, 0.25) is 0 Å². The fraction of sp³-hybridized carbons (Fsp3) is 0.158. The van der Waals surface area contributed by atoms with Gasteiger partial charge in [-0.15, -0.1) is 10.2 Å². The highest BCUT2D eigenvalue weighted by Gasteiger charge is 2.16. The van der Waals surface area contributed by atoms with E-state index in [9.17, 15) is 0 Å².